The van der Waals surface area contributed by atoms with Crippen molar-refractivity contribution < 1.29 is 33.8 Å². The molecule has 0 N–H and O–H groups in total. The second kappa shape index (κ2) is 6.84. The van der Waals surface area contributed by atoms with E-state index in [9.17, 15) is 9.79 Å². The van der Waals surface area contributed by atoms with Gasteiger partial charge in [-0.3, -0.25) is 0 Å². The van der Waals surface area contributed by atoms with Crippen LogP contribution in [-0.4, -0.2) is 6.61 Å². The Morgan fingerprint density at radius 1 is 1.50 bits per heavy atom. The Balaban J connectivity index is 0. The molecule has 0 spiro atoms. The summed E-state index contributed by atoms with van der Waals surface area (Å²) in [6, 6.07) is 0. The molecule has 0 aliphatic heterocycles. The van der Waals surface area contributed by atoms with Crippen molar-refractivity contribution in [1.82, 2.24) is 0 Å². The van der Waals surface area contributed by atoms with Crippen LogP contribution in [0.15, 0.2) is 0 Å². The molecule has 0 aromatic carbocycles. The van der Waals surface area contributed by atoms with Crippen LogP contribution in [0.5, 0.6) is 0 Å². The predicted molar refractivity (Wildman–Crippen MR) is 35.1 cm³/mol. The minimum Gasteiger partial charge on any atom is -0.812 e. The Kier molecular flexibility index (Phi) is 9.38. The average molecular weight is 234 g/mol. The fourth-order valence-electron chi connectivity index (χ4n) is 0.321. The molecule has 10 heavy (non-hydrogen) atoms. The molecule has 0 radical (unpaired) electrons. The van der Waals surface area contributed by atoms with Crippen molar-refractivity contribution in [3.05, 3.63) is 0 Å². The molecular formula is C4H9O3PSZn. The van der Waals surface area contributed by atoms with Gasteiger partial charge >= 0.3 is 19.5 Å². The first-order valence-electron chi connectivity index (χ1n) is 2.73. The fourth-order valence-corrected chi connectivity index (χ4v) is 0.897. The van der Waals surface area contributed by atoms with Crippen LogP contribution in [0, 0.1) is 0 Å². The zero-order valence-corrected chi connectivity index (χ0v) is 10.6. The normalized spacial score (nSPS) is 10.7. The van der Waals surface area contributed by atoms with Gasteiger partial charge in [0.1, 0.15) is 0 Å². The molecule has 0 aromatic heterocycles. The largest absolute Gasteiger partial charge is 2.00 e. The van der Waals surface area contributed by atoms with Gasteiger partial charge in [-0.1, -0.05) is 20.1 Å². The van der Waals surface area contributed by atoms with Crippen molar-refractivity contribution >= 4 is 18.5 Å². The first-order chi connectivity index (χ1) is 4.06. The van der Waals surface area contributed by atoms with Crippen molar-refractivity contribution in [2.24, 2.45) is 0 Å². The van der Waals surface area contributed by atoms with Crippen LogP contribution in [0.2, 0.25) is 0 Å². The van der Waals surface area contributed by atoms with Crippen LogP contribution in [0.25, 0.3) is 0 Å². The van der Waals surface area contributed by atoms with Gasteiger partial charge in [-0.15, -0.1) is 11.8 Å². The molecule has 3 nitrogen and oxygen atoms in total. The van der Waals surface area contributed by atoms with E-state index < -0.39 is 6.72 Å². The van der Waals surface area contributed by atoms with E-state index in [0.717, 1.165) is 12.8 Å². The monoisotopic (exact) mass is 232 g/mol. The third-order valence-electron chi connectivity index (χ3n) is 0.747. The minimum atomic E-state index is -3.86. The van der Waals surface area contributed by atoms with Gasteiger partial charge in [0.15, 0.2) is 0 Å². The third-order valence-corrected chi connectivity index (χ3v) is 1.56. The average Bonchev–Trinajstić information content (AvgIpc) is 1.63. The van der Waals surface area contributed by atoms with Crippen molar-refractivity contribution in [3.63, 3.8) is 0 Å². The van der Waals surface area contributed by atoms with Gasteiger partial charge in [0.2, 0.25) is 0 Å². The molecule has 0 rings (SSSR count). The summed E-state index contributed by atoms with van der Waals surface area (Å²) in [6.07, 6.45) is 1.65. The van der Waals surface area contributed by atoms with Gasteiger partial charge in [0.05, 0.1) is 0 Å². The second-order valence-electron chi connectivity index (χ2n) is 1.63. The van der Waals surface area contributed by atoms with E-state index in [0.29, 0.717) is 0 Å². The van der Waals surface area contributed by atoms with Crippen LogP contribution in [0.1, 0.15) is 19.8 Å². The maximum Gasteiger partial charge on any atom is 2.00 e. The molecule has 0 amide bonds. The van der Waals surface area contributed by atoms with Gasteiger partial charge in [0.25, 0.3) is 0 Å². The van der Waals surface area contributed by atoms with Gasteiger partial charge in [-0.2, -0.15) is 0 Å². The predicted octanol–water partition coefficient (Wildman–Crippen LogP) is -0.254. The first kappa shape index (κ1) is 13.7. The molecule has 0 heterocycles. The van der Waals surface area contributed by atoms with Crippen LogP contribution in [0.3, 0.4) is 0 Å². The van der Waals surface area contributed by atoms with Crippen molar-refractivity contribution in [2.45, 2.75) is 19.8 Å². The summed E-state index contributed by atoms with van der Waals surface area (Å²) in [5, 5.41) is 0. The summed E-state index contributed by atoms with van der Waals surface area (Å²) >= 11 is 3.98. The summed E-state index contributed by atoms with van der Waals surface area (Å²) in [6.45, 7) is -1.69. The third kappa shape index (κ3) is 11.9. The van der Waals surface area contributed by atoms with Crippen LogP contribution < -0.4 is 9.79 Å². The van der Waals surface area contributed by atoms with Gasteiger partial charge < -0.3 is 14.3 Å². The summed E-state index contributed by atoms with van der Waals surface area (Å²) in [4.78, 5) is 20.3. The Morgan fingerprint density at radius 3 is 2.30 bits per heavy atom. The zero-order chi connectivity index (χ0) is 7.33. The Labute approximate surface area is 78.8 Å². The van der Waals surface area contributed by atoms with Gasteiger partial charge in [-0.05, 0) is 6.42 Å². The van der Waals surface area contributed by atoms with E-state index in [1.54, 1.807) is 0 Å². The Morgan fingerprint density at radius 2 is 2.00 bits per heavy atom. The summed E-state index contributed by atoms with van der Waals surface area (Å²) < 4.78 is 4.28. The molecule has 6 heteroatoms. The first-order valence-corrected chi connectivity index (χ1v) is 5.28. The Hall–Kier alpha value is 1.15. The molecule has 56 valence electrons. The molecule has 0 saturated heterocycles. The molecule has 0 unspecified atom stereocenters. The molecule has 0 aromatic rings. The summed E-state index contributed by atoms with van der Waals surface area (Å²) in [5.74, 6) is 0. The number of hydrogen-bond donors (Lipinski definition) is 0. The van der Waals surface area contributed by atoms with E-state index >= 15 is 0 Å². The molecule has 0 bridgehead atoms. The molecule has 0 fully saturated rings. The van der Waals surface area contributed by atoms with Crippen molar-refractivity contribution in [3.8, 4) is 0 Å². The maximum atomic E-state index is 10.1. The van der Waals surface area contributed by atoms with Gasteiger partial charge in [-0.25, -0.2) is 0 Å². The molecular weight excluding hydrogens is 224 g/mol. The minimum absolute atomic E-state index is 0. The topological polar surface area (TPSA) is 55.3 Å². The van der Waals surface area contributed by atoms with Gasteiger partial charge in [0, 0.05) is 6.61 Å². The SMILES string of the molecule is CCCCOP([O-])([O-])=S.[Zn+2]. The van der Waals surface area contributed by atoms with E-state index in [1.165, 1.54) is 0 Å². The van der Waals surface area contributed by atoms with Crippen LogP contribution >= 0.6 is 6.72 Å². The van der Waals surface area contributed by atoms with E-state index in [4.69, 9.17) is 0 Å². The fraction of sp³-hybridized carbons (Fsp3) is 1.00. The van der Waals surface area contributed by atoms with E-state index in [-0.39, 0.29) is 26.1 Å². The smallest absolute Gasteiger partial charge is 0.812 e. The van der Waals surface area contributed by atoms with Crippen LogP contribution in [-0.2, 0) is 35.8 Å². The van der Waals surface area contributed by atoms with Crippen molar-refractivity contribution in [2.75, 3.05) is 6.61 Å². The molecule has 0 aliphatic rings. The summed E-state index contributed by atoms with van der Waals surface area (Å²) in [5.41, 5.74) is 0. The Bertz CT molecular complexity index is 115. The summed E-state index contributed by atoms with van der Waals surface area (Å²) in [7, 11) is 0. The standard InChI is InChI=1S/C4H11O3PS.Zn/c1-2-3-4-7-8(5,6)9;/h2-4H2,1H3,(H2,5,6,9);/q;+2/p-2. The zero-order valence-electron chi connectivity index (χ0n) is 5.91. The maximum absolute atomic E-state index is 10.1. The molecule has 0 saturated carbocycles. The van der Waals surface area contributed by atoms with Crippen LogP contribution in [0.4, 0.5) is 0 Å². The second-order valence-corrected chi connectivity index (χ2v) is 4.13. The van der Waals surface area contributed by atoms with E-state index in [1.807, 2.05) is 6.92 Å². The quantitative estimate of drug-likeness (QED) is 0.382. The number of rotatable bonds is 4. The van der Waals surface area contributed by atoms with E-state index in [2.05, 4.69) is 16.3 Å². The van der Waals surface area contributed by atoms with Crippen molar-refractivity contribution in [1.29, 1.82) is 0 Å². The number of hydrogen-bond acceptors (Lipinski definition) is 4. The molecule has 0 aliphatic carbocycles. The number of unbranched alkanes of at least 4 members (excludes halogenated alkanes) is 1. The molecule has 0 atom stereocenters.